The largest absolute Gasteiger partial charge is 0.322 e. The average molecular weight is 361 g/mol. The Kier molecular flexibility index (Phi) is 4.73. The van der Waals surface area contributed by atoms with Crippen LogP contribution in [0.25, 0.3) is 0 Å². The molecule has 6 heteroatoms. The first kappa shape index (κ1) is 14.9. The molecule has 0 aliphatic heterocycles. The summed E-state index contributed by atoms with van der Waals surface area (Å²) >= 11 is 9.28. The fraction of sp³-hybridized carbons (Fsp3) is 0.0714. The lowest BCUT2D eigenvalue weighted by Crippen LogP contribution is -2.18. The lowest BCUT2D eigenvalue weighted by Gasteiger charge is -2.11. The lowest BCUT2D eigenvalue weighted by atomic mass is 10.1. The van der Waals surface area contributed by atoms with Crippen LogP contribution in [0.3, 0.4) is 0 Å². The molecule has 2 rings (SSSR count). The van der Waals surface area contributed by atoms with Crippen molar-refractivity contribution in [3.63, 3.8) is 0 Å². The van der Waals surface area contributed by atoms with Gasteiger partial charge in [0.15, 0.2) is 0 Å². The number of alkyl halides is 1. The minimum absolute atomic E-state index is 0.238. The van der Waals surface area contributed by atoms with Gasteiger partial charge in [-0.2, -0.15) is 0 Å². The highest BCUT2D eigenvalue weighted by Crippen LogP contribution is 2.25. The highest BCUT2D eigenvalue weighted by Gasteiger charge is 2.19. The van der Waals surface area contributed by atoms with Crippen molar-refractivity contribution in [2.24, 2.45) is 0 Å². The van der Waals surface area contributed by atoms with Crippen molar-refractivity contribution in [2.75, 3.05) is 5.32 Å². The van der Waals surface area contributed by atoms with Crippen molar-refractivity contribution in [1.29, 1.82) is 0 Å². The molecule has 2 aromatic carbocycles. The Morgan fingerprint density at radius 1 is 1.15 bits per heavy atom. The van der Waals surface area contributed by atoms with E-state index < -0.39 is 22.9 Å². The van der Waals surface area contributed by atoms with Crippen LogP contribution >= 0.6 is 27.5 Å². The summed E-state index contributed by atoms with van der Waals surface area (Å²) in [6, 6.07) is 9.62. The molecule has 2 nitrogen and oxygen atoms in total. The molecular weight excluding hydrogens is 352 g/mol. The molecule has 0 heterocycles. The van der Waals surface area contributed by atoms with Gasteiger partial charge in [0.2, 0.25) is 5.91 Å². The van der Waals surface area contributed by atoms with E-state index in [9.17, 15) is 13.6 Å². The molecule has 0 aromatic heterocycles. The Hall–Kier alpha value is -1.46. The second kappa shape index (κ2) is 6.33. The maximum absolute atomic E-state index is 13.4. The minimum atomic E-state index is -0.995. The van der Waals surface area contributed by atoms with Gasteiger partial charge in [0.05, 0.1) is 5.69 Å². The van der Waals surface area contributed by atoms with Crippen molar-refractivity contribution in [3.05, 3.63) is 64.1 Å². The molecular formula is C14H9BrClF2NO. The number of hydrogen-bond donors (Lipinski definition) is 1. The lowest BCUT2D eigenvalue weighted by molar-refractivity contribution is -0.116. The third-order valence-corrected chi connectivity index (χ3v) is 3.56. The Balaban J connectivity index is 2.15. The topological polar surface area (TPSA) is 29.1 Å². The van der Waals surface area contributed by atoms with Crippen molar-refractivity contribution in [2.45, 2.75) is 5.38 Å². The van der Waals surface area contributed by atoms with Gasteiger partial charge < -0.3 is 5.32 Å². The summed E-state index contributed by atoms with van der Waals surface area (Å²) in [7, 11) is 0. The van der Waals surface area contributed by atoms with E-state index in [0.717, 1.165) is 22.7 Å². The Labute approximate surface area is 127 Å². The summed E-state index contributed by atoms with van der Waals surface area (Å²) in [6.45, 7) is 0. The smallest absolute Gasteiger partial charge is 0.247 e. The minimum Gasteiger partial charge on any atom is -0.322 e. The number of carbonyl (C=O) groups excluding carboxylic acids is 1. The summed E-state index contributed by atoms with van der Waals surface area (Å²) in [5, 5.41) is 1.27. The zero-order valence-corrected chi connectivity index (χ0v) is 12.4. The molecule has 2 aromatic rings. The van der Waals surface area contributed by atoms with Crippen LogP contribution in [-0.2, 0) is 4.79 Å². The summed E-state index contributed by atoms with van der Waals surface area (Å²) in [6.07, 6.45) is 0. The number of halogens is 4. The SMILES string of the molecule is O=C(Nc1cc(F)ccc1F)C(Cl)c1ccc(Br)cc1. The number of benzene rings is 2. The molecule has 1 atom stereocenters. The second-order valence-electron chi connectivity index (χ2n) is 4.03. The van der Waals surface area contributed by atoms with Crippen LogP contribution < -0.4 is 5.32 Å². The summed E-state index contributed by atoms with van der Waals surface area (Å²) in [5.41, 5.74) is 0.321. The molecule has 0 aliphatic carbocycles. The van der Waals surface area contributed by atoms with Gasteiger partial charge in [-0.1, -0.05) is 28.1 Å². The van der Waals surface area contributed by atoms with Crippen molar-refractivity contribution < 1.29 is 13.6 Å². The third kappa shape index (κ3) is 3.55. The van der Waals surface area contributed by atoms with E-state index in [1.165, 1.54) is 0 Å². The van der Waals surface area contributed by atoms with Gasteiger partial charge in [0, 0.05) is 10.5 Å². The van der Waals surface area contributed by atoms with Gasteiger partial charge in [-0.25, -0.2) is 8.78 Å². The van der Waals surface area contributed by atoms with Gasteiger partial charge >= 0.3 is 0 Å². The number of nitrogens with one attached hydrogen (secondary N) is 1. The van der Waals surface area contributed by atoms with E-state index in [1.54, 1.807) is 24.3 Å². The predicted octanol–water partition coefficient (Wildman–Crippen LogP) is 4.65. The molecule has 1 N–H and O–H groups in total. The maximum Gasteiger partial charge on any atom is 0.247 e. The van der Waals surface area contributed by atoms with E-state index in [0.29, 0.717) is 5.56 Å². The fourth-order valence-corrected chi connectivity index (χ4v) is 2.04. The third-order valence-electron chi connectivity index (χ3n) is 2.58. The molecule has 1 amide bonds. The van der Waals surface area contributed by atoms with E-state index in [-0.39, 0.29) is 5.69 Å². The first-order chi connectivity index (χ1) is 9.47. The number of amides is 1. The second-order valence-corrected chi connectivity index (χ2v) is 5.38. The van der Waals surface area contributed by atoms with E-state index in [4.69, 9.17) is 11.6 Å². The normalized spacial score (nSPS) is 12.0. The molecule has 0 bridgehead atoms. The van der Waals surface area contributed by atoms with Crippen LogP contribution in [0.4, 0.5) is 14.5 Å². The van der Waals surface area contributed by atoms with Crippen LogP contribution in [0.2, 0.25) is 0 Å². The average Bonchev–Trinajstić information content (AvgIpc) is 2.43. The highest BCUT2D eigenvalue weighted by molar-refractivity contribution is 9.10. The number of carbonyl (C=O) groups is 1. The standard InChI is InChI=1S/C14H9BrClF2NO/c15-9-3-1-8(2-4-9)13(16)14(20)19-12-7-10(17)5-6-11(12)18/h1-7,13H,(H,19,20). The zero-order chi connectivity index (χ0) is 14.7. The zero-order valence-electron chi connectivity index (χ0n) is 10.0. The molecule has 0 fully saturated rings. The Morgan fingerprint density at radius 3 is 2.45 bits per heavy atom. The Bertz CT molecular complexity index is 634. The highest BCUT2D eigenvalue weighted by atomic mass is 79.9. The molecule has 1 unspecified atom stereocenters. The van der Waals surface area contributed by atoms with Crippen LogP contribution in [0.15, 0.2) is 46.9 Å². The van der Waals surface area contributed by atoms with E-state index in [2.05, 4.69) is 21.2 Å². The summed E-state index contributed by atoms with van der Waals surface area (Å²) in [4.78, 5) is 11.9. The monoisotopic (exact) mass is 359 g/mol. The summed E-state index contributed by atoms with van der Waals surface area (Å²) in [5.74, 6) is -1.99. The Morgan fingerprint density at radius 2 is 1.80 bits per heavy atom. The fourth-order valence-electron chi connectivity index (χ4n) is 1.57. The van der Waals surface area contributed by atoms with Gasteiger partial charge in [-0.3, -0.25) is 4.79 Å². The van der Waals surface area contributed by atoms with Gasteiger partial charge in [-0.05, 0) is 29.8 Å². The maximum atomic E-state index is 13.4. The number of anilines is 1. The predicted molar refractivity (Wildman–Crippen MR) is 77.7 cm³/mol. The molecule has 20 heavy (non-hydrogen) atoms. The van der Waals surface area contributed by atoms with Crippen LogP contribution in [0, 0.1) is 11.6 Å². The van der Waals surface area contributed by atoms with Crippen molar-refractivity contribution in [3.8, 4) is 0 Å². The van der Waals surface area contributed by atoms with Gasteiger partial charge in [-0.15, -0.1) is 11.6 Å². The van der Waals surface area contributed by atoms with Crippen LogP contribution in [0.1, 0.15) is 10.9 Å². The molecule has 104 valence electrons. The van der Waals surface area contributed by atoms with E-state index in [1.807, 2.05) is 0 Å². The molecule has 0 saturated heterocycles. The van der Waals surface area contributed by atoms with Gasteiger partial charge in [0.1, 0.15) is 17.0 Å². The van der Waals surface area contributed by atoms with Crippen LogP contribution in [0.5, 0.6) is 0 Å². The van der Waals surface area contributed by atoms with Crippen molar-refractivity contribution in [1.82, 2.24) is 0 Å². The molecule has 0 spiro atoms. The first-order valence-corrected chi connectivity index (χ1v) is 6.86. The van der Waals surface area contributed by atoms with Crippen molar-refractivity contribution >= 4 is 39.1 Å². The molecule has 0 radical (unpaired) electrons. The first-order valence-electron chi connectivity index (χ1n) is 5.63. The quantitative estimate of drug-likeness (QED) is 0.793. The summed E-state index contributed by atoms with van der Waals surface area (Å²) < 4.78 is 27.3. The number of hydrogen-bond acceptors (Lipinski definition) is 1. The molecule has 0 saturated carbocycles. The molecule has 0 aliphatic rings. The van der Waals surface area contributed by atoms with Crippen LogP contribution in [-0.4, -0.2) is 5.91 Å². The van der Waals surface area contributed by atoms with E-state index >= 15 is 0 Å². The van der Waals surface area contributed by atoms with Gasteiger partial charge in [0.25, 0.3) is 0 Å². The number of rotatable bonds is 3.